The third-order valence-corrected chi connectivity index (χ3v) is 4.72. The summed E-state index contributed by atoms with van der Waals surface area (Å²) in [6.07, 6.45) is 5.63. The SMILES string of the molecule is Cc1ncc(CN(C)C(=O)c2cn(C3CCNCC3)nn2)s1. The summed E-state index contributed by atoms with van der Waals surface area (Å²) in [5.41, 5.74) is 0.405. The van der Waals surface area contributed by atoms with Crippen LogP contribution in [0.1, 0.15) is 39.3 Å². The van der Waals surface area contributed by atoms with Crippen molar-refractivity contribution in [3.05, 3.63) is 28.0 Å². The van der Waals surface area contributed by atoms with Gasteiger partial charge in [-0.05, 0) is 32.9 Å². The van der Waals surface area contributed by atoms with Crippen LogP contribution in [0.2, 0.25) is 0 Å². The van der Waals surface area contributed by atoms with Crippen LogP contribution in [0.4, 0.5) is 0 Å². The molecule has 0 atom stereocenters. The average molecular weight is 320 g/mol. The van der Waals surface area contributed by atoms with Crippen LogP contribution in [-0.2, 0) is 6.54 Å². The molecule has 2 aromatic heterocycles. The molecule has 22 heavy (non-hydrogen) atoms. The fourth-order valence-electron chi connectivity index (χ4n) is 2.60. The van der Waals surface area contributed by atoms with E-state index in [0.29, 0.717) is 18.3 Å². The van der Waals surface area contributed by atoms with Gasteiger partial charge in [-0.15, -0.1) is 16.4 Å². The molecule has 0 radical (unpaired) electrons. The molecular weight excluding hydrogens is 300 g/mol. The molecule has 1 aliphatic heterocycles. The van der Waals surface area contributed by atoms with E-state index in [0.717, 1.165) is 35.8 Å². The van der Waals surface area contributed by atoms with E-state index >= 15 is 0 Å². The highest BCUT2D eigenvalue weighted by atomic mass is 32.1. The summed E-state index contributed by atoms with van der Waals surface area (Å²) in [6.45, 7) is 4.47. The van der Waals surface area contributed by atoms with Crippen LogP contribution < -0.4 is 5.32 Å². The van der Waals surface area contributed by atoms with E-state index in [1.54, 1.807) is 29.5 Å². The summed E-state index contributed by atoms with van der Waals surface area (Å²) in [4.78, 5) is 19.4. The smallest absolute Gasteiger partial charge is 0.276 e. The van der Waals surface area contributed by atoms with Crippen molar-refractivity contribution in [3.8, 4) is 0 Å². The molecule has 0 aromatic carbocycles. The van der Waals surface area contributed by atoms with E-state index in [-0.39, 0.29) is 5.91 Å². The molecule has 0 aliphatic carbocycles. The Hall–Kier alpha value is -1.80. The van der Waals surface area contributed by atoms with Gasteiger partial charge in [0.1, 0.15) is 0 Å². The van der Waals surface area contributed by atoms with Gasteiger partial charge in [-0.25, -0.2) is 9.67 Å². The minimum atomic E-state index is -0.105. The Morgan fingerprint density at radius 2 is 2.27 bits per heavy atom. The normalized spacial score (nSPS) is 15.9. The number of aryl methyl sites for hydroxylation is 1. The third-order valence-electron chi connectivity index (χ3n) is 3.82. The molecule has 3 heterocycles. The zero-order valence-corrected chi connectivity index (χ0v) is 13.6. The van der Waals surface area contributed by atoms with Crippen LogP contribution in [0.15, 0.2) is 12.4 Å². The quantitative estimate of drug-likeness (QED) is 0.917. The Labute approximate surface area is 133 Å². The van der Waals surface area contributed by atoms with E-state index in [1.807, 2.05) is 17.8 Å². The molecule has 0 spiro atoms. The van der Waals surface area contributed by atoms with Crippen molar-refractivity contribution in [2.75, 3.05) is 20.1 Å². The van der Waals surface area contributed by atoms with E-state index in [9.17, 15) is 4.79 Å². The number of carbonyl (C=O) groups is 1. The summed E-state index contributed by atoms with van der Waals surface area (Å²) in [7, 11) is 1.78. The molecular formula is C14H20N6OS. The minimum Gasteiger partial charge on any atom is -0.335 e. The summed E-state index contributed by atoms with van der Waals surface area (Å²) < 4.78 is 1.83. The van der Waals surface area contributed by atoms with E-state index in [2.05, 4.69) is 20.6 Å². The number of nitrogens with zero attached hydrogens (tertiary/aromatic N) is 5. The maximum Gasteiger partial charge on any atom is 0.276 e. The fourth-order valence-corrected chi connectivity index (χ4v) is 3.45. The lowest BCUT2D eigenvalue weighted by molar-refractivity contribution is 0.0780. The number of nitrogens with one attached hydrogen (secondary N) is 1. The van der Waals surface area contributed by atoms with Gasteiger partial charge in [0.15, 0.2) is 5.69 Å². The van der Waals surface area contributed by atoms with Crippen molar-refractivity contribution in [1.82, 2.24) is 30.2 Å². The van der Waals surface area contributed by atoms with Gasteiger partial charge in [0.05, 0.1) is 23.8 Å². The van der Waals surface area contributed by atoms with Gasteiger partial charge in [-0.3, -0.25) is 4.79 Å². The number of rotatable bonds is 4. The Kier molecular flexibility index (Phi) is 4.49. The van der Waals surface area contributed by atoms with Crippen LogP contribution in [0, 0.1) is 6.92 Å². The maximum atomic E-state index is 12.4. The van der Waals surface area contributed by atoms with Crippen molar-refractivity contribution in [1.29, 1.82) is 0 Å². The van der Waals surface area contributed by atoms with E-state index in [4.69, 9.17) is 0 Å². The highest BCUT2D eigenvalue weighted by Crippen LogP contribution is 2.18. The van der Waals surface area contributed by atoms with Crippen LogP contribution in [-0.4, -0.2) is 50.9 Å². The molecule has 0 bridgehead atoms. The Morgan fingerprint density at radius 3 is 2.95 bits per heavy atom. The Bertz CT molecular complexity index is 645. The van der Waals surface area contributed by atoms with Gasteiger partial charge in [-0.2, -0.15) is 0 Å². The molecule has 1 fully saturated rings. The second kappa shape index (κ2) is 6.53. The lowest BCUT2D eigenvalue weighted by Gasteiger charge is -2.22. The molecule has 8 heteroatoms. The summed E-state index contributed by atoms with van der Waals surface area (Å²) in [5, 5.41) is 12.5. The zero-order chi connectivity index (χ0) is 15.5. The van der Waals surface area contributed by atoms with Crippen LogP contribution in [0.3, 0.4) is 0 Å². The molecule has 3 rings (SSSR count). The van der Waals surface area contributed by atoms with Crippen molar-refractivity contribution in [2.45, 2.75) is 32.4 Å². The van der Waals surface area contributed by atoms with Crippen LogP contribution in [0.25, 0.3) is 0 Å². The van der Waals surface area contributed by atoms with E-state index in [1.165, 1.54) is 0 Å². The number of hydrogen-bond donors (Lipinski definition) is 1. The van der Waals surface area contributed by atoms with E-state index < -0.39 is 0 Å². The van der Waals surface area contributed by atoms with Gasteiger partial charge in [-0.1, -0.05) is 5.21 Å². The van der Waals surface area contributed by atoms with Gasteiger partial charge >= 0.3 is 0 Å². The lowest BCUT2D eigenvalue weighted by Crippen LogP contribution is -2.29. The Morgan fingerprint density at radius 1 is 1.50 bits per heavy atom. The highest BCUT2D eigenvalue weighted by molar-refractivity contribution is 7.11. The molecule has 118 valence electrons. The Balaban J connectivity index is 1.65. The number of carbonyl (C=O) groups excluding carboxylic acids is 1. The standard InChI is InChI=1S/C14H20N6OS/c1-10-16-7-12(22-10)8-19(2)14(21)13-9-20(18-17-13)11-3-5-15-6-4-11/h7,9,11,15H,3-6,8H2,1-2H3. The van der Waals surface area contributed by atoms with Gasteiger partial charge in [0.25, 0.3) is 5.91 Å². The summed E-state index contributed by atoms with van der Waals surface area (Å²) in [5.74, 6) is -0.105. The maximum absolute atomic E-state index is 12.4. The predicted molar refractivity (Wildman–Crippen MR) is 83.8 cm³/mol. The predicted octanol–water partition coefficient (Wildman–Crippen LogP) is 1.24. The molecule has 1 aliphatic rings. The lowest BCUT2D eigenvalue weighted by atomic mass is 10.1. The first kappa shape index (κ1) is 15.1. The second-order valence-electron chi connectivity index (χ2n) is 5.57. The fraction of sp³-hybridized carbons (Fsp3) is 0.571. The average Bonchev–Trinajstić information content (AvgIpc) is 3.17. The van der Waals surface area contributed by atoms with Crippen molar-refractivity contribution in [2.24, 2.45) is 0 Å². The van der Waals surface area contributed by atoms with Gasteiger partial charge in [0, 0.05) is 18.1 Å². The van der Waals surface area contributed by atoms with Crippen LogP contribution >= 0.6 is 11.3 Å². The molecule has 7 nitrogen and oxygen atoms in total. The van der Waals surface area contributed by atoms with Gasteiger partial charge in [0.2, 0.25) is 0 Å². The third kappa shape index (κ3) is 3.33. The molecule has 2 aromatic rings. The number of amides is 1. The number of piperidine rings is 1. The molecule has 1 saturated heterocycles. The van der Waals surface area contributed by atoms with Crippen LogP contribution in [0.5, 0.6) is 0 Å². The highest BCUT2D eigenvalue weighted by Gasteiger charge is 2.21. The zero-order valence-electron chi connectivity index (χ0n) is 12.8. The topological polar surface area (TPSA) is 75.9 Å². The van der Waals surface area contributed by atoms with Crippen molar-refractivity contribution >= 4 is 17.2 Å². The summed E-state index contributed by atoms with van der Waals surface area (Å²) >= 11 is 1.60. The first-order chi connectivity index (χ1) is 10.6. The monoisotopic (exact) mass is 320 g/mol. The van der Waals surface area contributed by atoms with Crippen molar-refractivity contribution in [3.63, 3.8) is 0 Å². The largest absolute Gasteiger partial charge is 0.335 e. The molecule has 1 N–H and O–H groups in total. The first-order valence-corrected chi connectivity index (χ1v) is 8.24. The molecule has 0 unspecified atom stereocenters. The summed E-state index contributed by atoms with van der Waals surface area (Å²) in [6, 6.07) is 0.338. The minimum absolute atomic E-state index is 0.105. The number of thiazole rings is 1. The molecule has 1 amide bonds. The number of hydrogen-bond acceptors (Lipinski definition) is 6. The number of aromatic nitrogens is 4. The second-order valence-corrected chi connectivity index (χ2v) is 6.89. The first-order valence-electron chi connectivity index (χ1n) is 7.43. The molecule has 0 saturated carbocycles. The van der Waals surface area contributed by atoms with Gasteiger partial charge < -0.3 is 10.2 Å². The van der Waals surface area contributed by atoms with Crippen molar-refractivity contribution < 1.29 is 4.79 Å².